The number of hydrogen-bond acceptors (Lipinski definition) is 7. The number of thiol groups is 1. The molecule has 242 valence electrons. The van der Waals surface area contributed by atoms with Crippen LogP contribution in [-0.2, 0) is 37.4 Å². The molecule has 0 saturated carbocycles. The highest BCUT2D eigenvalue weighted by molar-refractivity contribution is 7.90. The van der Waals surface area contributed by atoms with Gasteiger partial charge in [0.25, 0.3) is 15.9 Å². The molecule has 0 spiro atoms. The second-order valence-corrected chi connectivity index (χ2v) is 13.6. The SMILES string of the molecule is CCCCC(=O)N(CCC(=O)NC[C@H](S)Cc1cccc(Cl)c1)Cc1ccc(-c2ccccc2S(=O)(=O)NC(=O)[C@H](C)O)cc1. The van der Waals surface area contributed by atoms with Gasteiger partial charge in [-0.3, -0.25) is 14.4 Å². The molecule has 0 radical (unpaired) electrons. The van der Waals surface area contributed by atoms with Gasteiger partial charge in [-0.05, 0) is 54.7 Å². The first-order valence-electron chi connectivity index (χ1n) is 14.8. The summed E-state index contributed by atoms with van der Waals surface area (Å²) in [5, 5.41) is 12.9. The summed E-state index contributed by atoms with van der Waals surface area (Å²) in [5.74, 6) is -1.25. The molecule has 0 fully saturated rings. The lowest BCUT2D eigenvalue weighted by atomic mass is 10.0. The van der Waals surface area contributed by atoms with E-state index in [4.69, 9.17) is 11.6 Å². The fourth-order valence-electron chi connectivity index (χ4n) is 4.57. The van der Waals surface area contributed by atoms with Crippen LogP contribution in [0, 0.1) is 0 Å². The summed E-state index contributed by atoms with van der Waals surface area (Å²) >= 11 is 10.6. The highest BCUT2D eigenvalue weighted by atomic mass is 35.5. The minimum Gasteiger partial charge on any atom is -0.384 e. The third-order valence-corrected chi connectivity index (χ3v) is 9.04. The van der Waals surface area contributed by atoms with E-state index in [2.05, 4.69) is 17.9 Å². The third-order valence-electron chi connectivity index (χ3n) is 7.03. The Bertz CT molecular complexity index is 1560. The van der Waals surface area contributed by atoms with Crippen LogP contribution in [0.15, 0.2) is 77.7 Å². The lowest BCUT2D eigenvalue weighted by Gasteiger charge is -2.23. The van der Waals surface area contributed by atoms with E-state index in [1.165, 1.54) is 13.0 Å². The zero-order valence-corrected chi connectivity index (χ0v) is 27.9. The first-order chi connectivity index (χ1) is 21.4. The number of carbonyl (C=O) groups is 3. The molecule has 0 saturated heterocycles. The number of hydrogen-bond donors (Lipinski definition) is 4. The molecular formula is C33H40ClN3O6S2. The number of benzene rings is 3. The summed E-state index contributed by atoms with van der Waals surface area (Å²) in [6, 6.07) is 20.8. The molecule has 3 amide bonds. The maximum absolute atomic E-state index is 13.0. The fourth-order valence-corrected chi connectivity index (χ4v) is 6.36. The summed E-state index contributed by atoms with van der Waals surface area (Å²) in [6.45, 7) is 4.09. The van der Waals surface area contributed by atoms with E-state index >= 15 is 0 Å². The number of halogens is 1. The molecule has 3 N–H and O–H groups in total. The van der Waals surface area contributed by atoms with Crippen molar-refractivity contribution in [2.45, 2.75) is 68.7 Å². The summed E-state index contributed by atoms with van der Waals surface area (Å²) in [4.78, 5) is 39.2. The van der Waals surface area contributed by atoms with Crippen LogP contribution < -0.4 is 10.0 Å². The predicted molar refractivity (Wildman–Crippen MR) is 179 cm³/mol. The van der Waals surface area contributed by atoms with Crippen molar-refractivity contribution < 1.29 is 27.9 Å². The van der Waals surface area contributed by atoms with Crippen molar-refractivity contribution in [1.29, 1.82) is 0 Å². The lowest BCUT2D eigenvalue weighted by molar-refractivity contribution is -0.132. The van der Waals surface area contributed by atoms with Crippen molar-refractivity contribution >= 4 is 52.0 Å². The van der Waals surface area contributed by atoms with Crippen LogP contribution in [-0.4, -0.2) is 60.6 Å². The van der Waals surface area contributed by atoms with Gasteiger partial charge in [-0.25, -0.2) is 13.1 Å². The summed E-state index contributed by atoms with van der Waals surface area (Å²) < 4.78 is 27.7. The van der Waals surface area contributed by atoms with Gasteiger partial charge >= 0.3 is 0 Å². The zero-order chi connectivity index (χ0) is 33.0. The molecule has 0 heterocycles. The number of carbonyl (C=O) groups excluding carboxylic acids is 3. The van der Waals surface area contributed by atoms with E-state index in [9.17, 15) is 27.9 Å². The molecular weight excluding hydrogens is 634 g/mol. The molecule has 0 aliphatic rings. The monoisotopic (exact) mass is 673 g/mol. The van der Waals surface area contributed by atoms with E-state index in [0.29, 0.717) is 35.5 Å². The van der Waals surface area contributed by atoms with Crippen molar-refractivity contribution in [3.63, 3.8) is 0 Å². The molecule has 3 aromatic carbocycles. The Balaban J connectivity index is 1.66. The van der Waals surface area contributed by atoms with Crippen molar-refractivity contribution in [3.8, 4) is 11.1 Å². The van der Waals surface area contributed by atoms with Crippen molar-refractivity contribution in [3.05, 3.63) is 88.9 Å². The van der Waals surface area contributed by atoms with Crippen LogP contribution in [0.3, 0.4) is 0 Å². The number of rotatable bonds is 16. The van der Waals surface area contributed by atoms with Gasteiger partial charge in [0.05, 0.1) is 4.90 Å². The Morgan fingerprint density at radius 2 is 1.69 bits per heavy atom. The number of nitrogens with zero attached hydrogens (tertiary/aromatic N) is 1. The van der Waals surface area contributed by atoms with Gasteiger partial charge in [-0.15, -0.1) is 0 Å². The number of unbranched alkanes of at least 4 members (excludes halogenated alkanes) is 1. The maximum atomic E-state index is 13.0. The maximum Gasteiger partial charge on any atom is 0.264 e. The van der Waals surface area contributed by atoms with Crippen molar-refractivity contribution in [2.75, 3.05) is 13.1 Å². The zero-order valence-electron chi connectivity index (χ0n) is 25.4. The van der Waals surface area contributed by atoms with Gasteiger partial charge in [-0.2, -0.15) is 12.6 Å². The number of nitrogens with one attached hydrogen (secondary N) is 2. The number of aliphatic hydroxyl groups excluding tert-OH is 1. The van der Waals surface area contributed by atoms with Gasteiger partial charge in [0, 0.05) is 48.3 Å². The van der Waals surface area contributed by atoms with E-state index in [-0.39, 0.29) is 41.5 Å². The molecule has 12 heteroatoms. The Kier molecular flexibility index (Phi) is 13.9. The Morgan fingerprint density at radius 3 is 2.36 bits per heavy atom. The molecule has 0 aromatic heterocycles. The Labute approximate surface area is 275 Å². The number of amides is 3. The smallest absolute Gasteiger partial charge is 0.264 e. The average Bonchev–Trinajstić information content (AvgIpc) is 3.01. The van der Waals surface area contributed by atoms with Gasteiger partial charge in [-0.1, -0.05) is 79.5 Å². The second kappa shape index (κ2) is 17.4. The summed E-state index contributed by atoms with van der Waals surface area (Å²) in [6.07, 6.45) is 1.27. The fraction of sp³-hybridized carbons (Fsp3) is 0.364. The highest BCUT2D eigenvalue weighted by Crippen LogP contribution is 2.28. The molecule has 0 bridgehead atoms. The van der Waals surface area contributed by atoms with Gasteiger partial charge < -0.3 is 15.3 Å². The highest BCUT2D eigenvalue weighted by Gasteiger charge is 2.24. The number of aliphatic hydroxyl groups is 1. The molecule has 3 aromatic rings. The van der Waals surface area contributed by atoms with Crippen LogP contribution in [0.1, 0.15) is 50.7 Å². The molecule has 0 aliphatic heterocycles. The molecule has 0 aliphatic carbocycles. The molecule has 45 heavy (non-hydrogen) atoms. The van der Waals surface area contributed by atoms with E-state index < -0.39 is 22.0 Å². The van der Waals surface area contributed by atoms with E-state index in [1.807, 2.05) is 29.8 Å². The largest absolute Gasteiger partial charge is 0.384 e. The normalized spacial score (nSPS) is 12.6. The topological polar surface area (TPSA) is 133 Å². The Hall–Kier alpha value is -3.38. The van der Waals surface area contributed by atoms with Crippen LogP contribution in [0.5, 0.6) is 0 Å². The molecule has 0 unspecified atom stereocenters. The quantitative estimate of drug-likeness (QED) is 0.162. The first kappa shape index (κ1) is 36.1. The lowest BCUT2D eigenvalue weighted by Crippen LogP contribution is -2.37. The van der Waals surface area contributed by atoms with Crippen LogP contribution in [0.25, 0.3) is 11.1 Å². The van der Waals surface area contributed by atoms with Crippen LogP contribution in [0.4, 0.5) is 0 Å². The van der Waals surface area contributed by atoms with Crippen molar-refractivity contribution in [2.24, 2.45) is 0 Å². The first-order valence-corrected chi connectivity index (χ1v) is 17.2. The van der Waals surface area contributed by atoms with Crippen molar-refractivity contribution in [1.82, 2.24) is 14.9 Å². The summed E-state index contributed by atoms with van der Waals surface area (Å²) in [5.41, 5.74) is 2.80. The predicted octanol–water partition coefficient (Wildman–Crippen LogP) is 4.76. The van der Waals surface area contributed by atoms with Gasteiger partial charge in [0.1, 0.15) is 6.10 Å². The minimum absolute atomic E-state index is 0.0490. The molecule has 2 atom stereocenters. The minimum atomic E-state index is -4.24. The van der Waals surface area contributed by atoms with E-state index in [0.717, 1.165) is 24.0 Å². The van der Waals surface area contributed by atoms with Gasteiger partial charge in [0.2, 0.25) is 11.8 Å². The van der Waals surface area contributed by atoms with E-state index in [1.54, 1.807) is 53.4 Å². The third kappa shape index (κ3) is 11.5. The standard InChI is InChI=1S/C33H40ClN3O6S2/c1-3-4-12-32(40)37(18-17-31(39)35-21-28(44)20-25-8-7-9-27(34)19-25)22-24-13-15-26(16-14-24)29-10-5-6-11-30(29)45(42,43)36-33(41)23(2)38/h5-11,13-16,19,23,28,38,44H,3-4,12,17-18,20-22H2,1-2H3,(H,35,39)(H,36,41)/t23-,28+/m0/s1. The second-order valence-electron chi connectivity index (χ2n) is 10.8. The number of sulfonamides is 1. The summed E-state index contributed by atoms with van der Waals surface area (Å²) in [7, 11) is -4.24. The van der Waals surface area contributed by atoms with Crippen LogP contribution >= 0.6 is 24.2 Å². The van der Waals surface area contributed by atoms with Gasteiger partial charge in [0.15, 0.2) is 0 Å². The Morgan fingerprint density at radius 1 is 0.978 bits per heavy atom. The molecule has 3 rings (SSSR count). The van der Waals surface area contributed by atoms with Crippen LogP contribution in [0.2, 0.25) is 5.02 Å². The average molecular weight is 674 g/mol. The molecule has 9 nitrogen and oxygen atoms in total.